The number of carbonyl (C=O) groups is 2. The van der Waals surface area contributed by atoms with E-state index in [1.807, 2.05) is 18.4 Å². The number of rotatable bonds is 13. The summed E-state index contributed by atoms with van der Waals surface area (Å²) in [7, 11) is 0. The van der Waals surface area contributed by atoms with Gasteiger partial charge in [-0.25, -0.2) is 4.79 Å². The molecule has 0 spiro atoms. The lowest BCUT2D eigenvalue weighted by Gasteiger charge is -2.20. The average molecular weight is 441 g/mol. The van der Waals surface area contributed by atoms with Gasteiger partial charge in [-0.05, 0) is 36.5 Å². The molecule has 2 unspecified atom stereocenters. The number of carboxylic acids is 1. The van der Waals surface area contributed by atoms with Crippen molar-refractivity contribution >= 4 is 36.3 Å². The fraction of sp³-hybridized carbons (Fsp3) is 0.524. The van der Waals surface area contributed by atoms with E-state index in [9.17, 15) is 14.7 Å². The van der Waals surface area contributed by atoms with Gasteiger partial charge in [0.05, 0.1) is 12.2 Å². The highest BCUT2D eigenvalue weighted by Crippen LogP contribution is 2.21. The first-order chi connectivity index (χ1) is 13.8. The van der Waals surface area contributed by atoms with Gasteiger partial charge >= 0.3 is 5.97 Å². The minimum Gasteiger partial charge on any atom is -0.492 e. The molecule has 29 heavy (non-hydrogen) atoms. The second-order valence-electron chi connectivity index (χ2n) is 7.09. The van der Waals surface area contributed by atoms with Crippen LogP contribution < -0.4 is 15.8 Å². The Hall–Kier alpha value is -1.64. The van der Waals surface area contributed by atoms with Crippen molar-refractivity contribution < 1.29 is 19.4 Å². The van der Waals surface area contributed by atoms with Crippen molar-refractivity contribution in [2.24, 2.45) is 17.6 Å². The fourth-order valence-corrected chi connectivity index (χ4v) is 3.10. The molecule has 0 radical (unpaired) electrons. The number of benzene rings is 1. The first-order valence-electron chi connectivity index (χ1n) is 9.59. The van der Waals surface area contributed by atoms with Gasteiger partial charge in [0.2, 0.25) is 0 Å². The van der Waals surface area contributed by atoms with Crippen molar-refractivity contribution in [1.82, 2.24) is 5.32 Å². The van der Waals surface area contributed by atoms with Crippen LogP contribution in [0.1, 0.15) is 30.6 Å². The van der Waals surface area contributed by atoms with Crippen LogP contribution in [0.25, 0.3) is 0 Å². The number of hydrogen-bond donors (Lipinski definition) is 4. The maximum atomic E-state index is 12.7. The summed E-state index contributed by atoms with van der Waals surface area (Å²) in [6, 6.07) is 5.81. The molecule has 162 valence electrons. The lowest BCUT2D eigenvalue weighted by Crippen LogP contribution is -2.41. The molecule has 0 aliphatic rings. The number of ether oxygens (including phenoxy) is 1. The van der Waals surface area contributed by atoms with Crippen molar-refractivity contribution in [2.75, 3.05) is 24.4 Å². The molecule has 1 amide bonds. The predicted molar refractivity (Wildman–Crippen MR) is 123 cm³/mol. The molecule has 0 saturated carbocycles. The molecule has 0 bridgehead atoms. The Morgan fingerprint density at radius 1 is 1.31 bits per heavy atom. The first-order valence-corrected chi connectivity index (χ1v) is 11.6. The number of thiol groups is 1. The standard InChI is InChI=1S/C21H32N2O4S2/c1-14(2)15(8-9-16(22)13-28)12-27-19-7-5-4-6-17(19)20(24)23-18(21(25)26)10-11-29-3/h4-9,14-16,18,28H,10-13,22H2,1-3H3,(H,23,24)(H,25,26)/b9-8+/t15-,16?,18?/m1/s1. The van der Waals surface area contributed by atoms with E-state index in [0.717, 1.165) is 0 Å². The van der Waals surface area contributed by atoms with Crippen LogP contribution in [0.5, 0.6) is 5.75 Å². The third-order valence-electron chi connectivity index (χ3n) is 4.45. The van der Waals surface area contributed by atoms with Crippen molar-refractivity contribution in [1.29, 1.82) is 0 Å². The molecule has 1 rings (SSSR count). The molecule has 0 aliphatic carbocycles. The van der Waals surface area contributed by atoms with E-state index >= 15 is 0 Å². The summed E-state index contributed by atoms with van der Waals surface area (Å²) in [5.74, 6) is 0.571. The zero-order valence-corrected chi connectivity index (χ0v) is 18.9. The monoisotopic (exact) mass is 440 g/mol. The molecule has 0 heterocycles. The van der Waals surface area contributed by atoms with Crippen LogP contribution in [0.4, 0.5) is 0 Å². The van der Waals surface area contributed by atoms with E-state index in [0.29, 0.717) is 41.8 Å². The van der Waals surface area contributed by atoms with Gasteiger partial charge in [-0.15, -0.1) is 0 Å². The van der Waals surface area contributed by atoms with Crippen LogP contribution in [0.15, 0.2) is 36.4 Å². The highest BCUT2D eigenvalue weighted by molar-refractivity contribution is 7.98. The summed E-state index contributed by atoms with van der Waals surface area (Å²) in [6.45, 7) is 4.56. The second-order valence-corrected chi connectivity index (χ2v) is 8.44. The minimum absolute atomic E-state index is 0.116. The third kappa shape index (κ3) is 9.14. The molecule has 3 atom stereocenters. The molecule has 0 aromatic heterocycles. The molecule has 0 aliphatic heterocycles. The van der Waals surface area contributed by atoms with E-state index in [-0.39, 0.29) is 12.0 Å². The van der Waals surface area contributed by atoms with Crippen LogP contribution in [-0.2, 0) is 4.79 Å². The van der Waals surface area contributed by atoms with Crippen LogP contribution in [0.3, 0.4) is 0 Å². The van der Waals surface area contributed by atoms with Crippen molar-refractivity contribution in [3.63, 3.8) is 0 Å². The summed E-state index contributed by atoms with van der Waals surface area (Å²) < 4.78 is 5.95. The molecule has 8 heteroatoms. The summed E-state index contributed by atoms with van der Waals surface area (Å²) >= 11 is 5.72. The van der Waals surface area contributed by atoms with E-state index in [1.54, 1.807) is 24.3 Å². The second kappa shape index (κ2) is 13.6. The number of amides is 1. The lowest BCUT2D eigenvalue weighted by atomic mass is 9.95. The summed E-state index contributed by atoms with van der Waals surface area (Å²) in [6.07, 6.45) is 6.20. The summed E-state index contributed by atoms with van der Waals surface area (Å²) in [4.78, 5) is 24.1. The van der Waals surface area contributed by atoms with Gasteiger partial charge < -0.3 is 20.9 Å². The Balaban J connectivity index is 2.87. The zero-order chi connectivity index (χ0) is 21.8. The van der Waals surface area contributed by atoms with Crippen molar-refractivity contribution in [2.45, 2.75) is 32.4 Å². The molecule has 6 nitrogen and oxygen atoms in total. The predicted octanol–water partition coefficient (Wildman–Crippen LogP) is 3.09. The van der Waals surface area contributed by atoms with Gasteiger partial charge in [-0.1, -0.05) is 38.1 Å². The quantitative estimate of drug-likeness (QED) is 0.278. The number of aliphatic carboxylic acids is 1. The Kier molecular flexibility index (Phi) is 11.9. The molecular formula is C21H32N2O4S2. The van der Waals surface area contributed by atoms with Crippen LogP contribution in [-0.4, -0.2) is 53.4 Å². The maximum absolute atomic E-state index is 12.7. The molecule has 4 N–H and O–H groups in total. The van der Waals surface area contributed by atoms with Gasteiger partial charge in [0, 0.05) is 17.7 Å². The van der Waals surface area contributed by atoms with E-state index in [4.69, 9.17) is 10.5 Å². The Labute approximate surface area is 183 Å². The normalized spacial score (nSPS) is 14.6. The van der Waals surface area contributed by atoms with E-state index in [2.05, 4.69) is 31.8 Å². The minimum atomic E-state index is -1.05. The van der Waals surface area contributed by atoms with Gasteiger partial charge in [0.1, 0.15) is 11.8 Å². The SMILES string of the molecule is CSCCC(NC(=O)c1ccccc1OC[C@@H](/C=C/C(N)CS)C(C)C)C(=O)O. The van der Waals surface area contributed by atoms with Crippen LogP contribution in [0, 0.1) is 11.8 Å². The molecule has 1 aromatic rings. The third-order valence-corrected chi connectivity index (χ3v) is 5.52. The zero-order valence-electron chi connectivity index (χ0n) is 17.2. The molecule has 0 fully saturated rings. The molecule has 1 aromatic carbocycles. The Bertz CT molecular complexity index is 682. The van der Waals surface area contributed by atoms with E-state index < -0.39 is 17.9 Å². The van der Waals surface area contributed by atoms with Crippen LogP contribution in [0.2, 0.25) is 0 Å². The lowest BCUT2D eigenvalue weighted by molar-refractivity contribution is -0.139. The van der Waals surface area contributed by atoms with Gasteiger partial charge in [-0.3, -0.25) is 4.79 Å². The van der Waals surface area contributed by atoms with E-state index in [1.165, 1.54) is 11.8 Å². The first kappa shape index (κ1) is 25.4. The fourth-order valence-electron chi connectivity index (χ4n) is 2.51. The highest BCUT2D eigenvalue weighted by atomic mass is 32.2. The number of thioether (sulfide) groups is 1. The Morgan fingerprint density at radius 3 is 2.59 bits per heavy atom. The number of hydrogen-bond acceptors (Lipinski definition) is 6. The van der Waals surface area contributed by atoms with Crippen LogP contribution >= 0.6 is 24.4 Å². The van der Waals surface area contributed by atoms with Gasteiger partial charge in [-0.2, -0.15) is 24.4 Å². The largest absolute Gasteiger partial charge is 0.492 e. The highest BCUT2D eigenvalue weighted by Gasteiger charge is 2.22. The van der Waals surface area contributed by atoms with Gasteiger partial charge in [0.15, 0.2) is 0 Å². The summed E-state index contributed by atoms with van der Waals surface area (Å²) in [5, 5.41) is 11.9. The number of para-hydroxylation sites is 1. The van der Waals surface area contributed by atoms with Crippen molar-refractivity contribution in [3.05, 3.63) is 42.0 Å². The summed E-state index contributed by atoms with van der Waals surface area (Å²) in [5.41, 5.74) is 6.21. The smallest absolute Gasteiger partial charge is 0.326 e. The molecule has 0 saturated heterocycles. The van der Waals surface area contributed by atoms with Crippen molar-refractivity contribution in [3.8, 4) is 5.75 Å². The molecular weight excluding hydrogens is 408 g/mol. The Morgan fingerprint density at radius 2 is 2.00 bits per heavy atom. The number of carboxylic acid groups (broad SMARTS) is 1. The number of nitrogens with one attached hydrogen (secondary N) is 1. The topological polar surface area (TPSA) is 102 Å². The number of nitrogens with two attached hydrogens (primary N) is 1. The number of carbonyl (C=O) groups excluding carboxylic acids is 1. The van der Waals surface area contributed by atoms with Gasteiger partial charge in [0.25, 0.3) is 5.91 Å². The maximum Gasteiger partial charge on any atom is 0.326 e. The average Bonchev–Trinajstić information content (AvgIpc) is 2.70.